The van der Waals surface area contributed by atoms with E-state index in [-0.39, 0.29) is 0 Å². The maximum absolute atomic E-state index is 5.29. The minimum absolute atomic E-state index is 0.299. The molecular formula is C14H18N2OS. The van der Waals surface area contributed by atoms with Crippen LogP contribution in [0.5, 0.6) is 0 Å². The van der Waals surface area contributed by atoms with Crippen molar-refractivity contribution in [3.05, 3.63) is 48.4 Å². The van der Waals surface area contributed by atoms with E-state index in [1.165, 1.54) is 5.56 Å². The monoisotopic (exact) mass is 262 g/mol. The first-order chi connectivity index (χ1) is 8.81. The summed E-state index contributed by atoms with van der Waals surface area (Å²) in [5.74, 6) is 0. The SMILES string of the molecule is CCNC(c1ccccc1)C(C)Sc1ncco1. The maximum atomic E-state index is 5.29. The lowest BCUT2D eigenvalue weighted by molar-refractivity contribution is 0.450. The van der Waals surface area contributed by atoms with Gasteiger partial charge >= 0.3 is 0 Å². The summed E-state index contributed by atoms with van der Waals surface area (Å²) >= 11 is 1.65. The van der Waals surface area contributed by atoms with Crippen LogP contribution in [0.15, 0.2) is 52.4 Å². The molecule has 3 nitrogen and oxygen atoms in total. The molecule has 96 valence electrons. The van der Waals surface area contributed by atoms with Gasteiger partial charge in [0, 0.05) is 11.3 Å². The van der Waals surface area contributed by atoms with Gasteiger partial charge in [0.05, 0.1) is 6.20 Å². The Bertz CT molecular complexity index is 444. The third kappa shape index (κ3) is 3.37. The molecule has 0 bridgehead atoms. The fourth-order valence-corrected chi connectivity index (χ4v) is 2.87. The fourth-order valence-electron chi connectivity index (χ4n) is 1.93. The summed E-state index contributed by atoms with van der Waals surface area (Å²) in [5, 5.41) is 4.60. The van der Waals surface area contributed by atoms with E-state index >= 15 is 0 Å². The highest BCUT2D eigenvalue weighted by Gasteiger charge is 2.20. The quantitative estimate of drug-likeness (QED) is 0.809. The normalized spacial score (nSPS) is 14.3. The minimum atomic E-state index is 0.299. The Labute approximate surface area is 112 Å². The van der Waals surface area contributed by atoms with E-state index in [0.29, 0.717) is 11.3 Å². The van der Waals surface area contributed by atoms with E-state index < -0.39 is 0 Å². The molecule has 1 aromatic carbocycles. The summed E-state index contributed by atoms with van der Waals surface area (Å²) in [6.45, 7) is 5.25. The zero-order valence-corrected chi connectivity index (χ0v) is 11.5. The Balaban J connectivity index is 2.09. The largest absolute Gasteiger partial charge is 0.440 e. The lowest BCUT2D eigenvalue weighted by Gasteiger charge is -2.23. The number of aromatic nitrogens is 1. The first kappa shape index (κ1) is 13.2. The molecule has 18 heavy (non-hydrogen) atoms. The fraction of sp³-hybridized carbons (Fsp3) is 0.357. The zero-order valence-electron chi connectivity index (χ0n) is 10.7. The molecule has 1 N–H and O–H groups in total. The molecular weight excluding hydrogens is 244 g/mol. The van der Waals surface area contributed by atoms with Crippen LogP contribution >= 0.6 is 11.8 Å². The van der Waals surface area contributed by atoms with Crippen LogP contribution in [0, 0.1) is 0 Å². The molecule has 2 atom stereocenters. The van der Waals surface area contributed by atoms with Gasteiger partial charge < -0.3 is 9.73 Å². The van der Waals surface area contributed by atoms with Crippen LogP contribution in [0.25, 0.3) is 0 Å². The van der Waals surface area contributed by atoms with E-state index in [1.807, 2.05) is 6.07 Å². The van der Waals surface area contributed by atoms with Crippen molar-refractivity contribution in [1.82, 2.24) is 10.3 Å². The average molecular weight is 262 g/mol. The van der Waals surface area contributed by atoms with Crippen molar-refractivity contribution in [2.45, 2.75) is 30.4 Å². The van der Waals surface area contributed by atoms with Crippen LogP contribution in [-0.2, 0) is 0 Å². The standard InChI is InChI=1S/C14H18N2OS/c1-3-15-13(12-7-5-4-6-8-12)11(2)18-14-16-9-10-17-14/h4-11,13,15H,3H2,1-2H3. The van der Waals surface area contributed by atoms with Crippen LogP contribution < -0.4 is 5.32 Å². The van der Waals surface area contributed by atoms with Gasteiger partial charge in [0.2, 0.25) is 0 Å². The van der Waals surface area contributed by atoms with Crippen molar-refractivity contribution in [2.24, 2.45) is 0 Å². The molecule has 2 unspecified atom stereocenters. The van der Waals surface area contributed by atoms with E-state index in [4.69, 9.17) is 4.42 Å². The van der Waals surface area contributed by atoms with E-state index in [9.17, 15) is 0 Å². The number of rotatable bonds is 6. The number of hydrogen-bond acceptors (Lipinski definition) is 4. The molecule has 0 fully saturated rings. The highest BCUT2D eigenvalue weighted by Crippen LogP contribution is 2.30. The Morgan fingerprint density at radius 2 is 2.11 bits per heavy atom. The lowest BCUT2D eigenvalue weighted by Crippen LogP contribution is -2.28. The van der Waals surface area contributed by atoms with Crippen molar-refractivity contribution < 1.29 is 4.42 Å². The van der Waals surface area contributed by atoms with Crippen LogP contribution in [0.3, 0.4) is 0 Å². The van der Waals surface area contributed by atoms with Gasteiger partial charge in [-0.05, 0) is 12.1 Å². The van der Waals surface area contributed by atoms with E-state index in [0.717, 1.165) is 11.8 Å². The van der Waals surface area contributed by atoms with Gasteiger partial charge in [0.15, 0.2) is 0 Å². The molecule has 4 heteroatoms. The van der Waals surface area contributed by atoms with Gasteiger partial charge in [0.25, 0.3) is 5.22 Å². The van der Waals surface area contributed by atoms with Crippen molar-refractivity contribution in [3.63, 3.8) is 0 Å². The predicted octanol–water partition coefficient (Wildman–Crippen LogP) is 3.51. The summed E-state index contributed by atoms with van der Waals surface area (Å²) in [4.78, 5) is 4.16. The molecule has 0 aliphatic carbocycles. The lowest BCUT2D eigenvalue weighted by atomic mass is 10.0. The molecule has 0 saturated carbocycles. The average Bonchev–Trinajstić information content (AvgIpc) is 2.89. The Kier molecular flexibility index (Phi) is 4.84. The second-order valence-corrected chi connectivity index (χ2v) is 5.40. The van der Waals surface area contributed by atoms with E-state index in [2.05, 4.69) is 48.4 Å². The Morgan fingerprint density at radius 3 is 2.72 bits per heavy atom. The molecule has 0 spiro atoms. The second-order valence-electron chi connectivity index (χ2n) is 4.07. The maximum Gasteiger partial charge on any atom is 0.255 e. The molecule has 2 aromatic rings. The summed E-state index contributed by atoms with van der Waals surface area (Å²) in [5.41, 5.74) is 1.30. The van der Waals surface area contributed by atoms with Crippen LogP contribution in [0.2, 0.25) is 0 Å². The van der Waals surface area contributed by atoms with Gasteiger partial charge in [-0.3, -0.25) is 0 Å². The molecule has 0 aliphatic rings. The molecule has 2 rings (SSSR count). The number of thioether (sulfide) groups is 1. The van der Waals surface area contributed by atoms with Gasteiger partial charge in [0.1, 0.15) is 6.26 Å². The van der Waals surface area contributed by atoms with Crippen LogP contribution in [0.4, 0.5) is 0 Å². The second kappa shape index (κ2) is 6.61. The van der Waals surface area contributed by atoms with Gasteiger partial charge in [-0.25, -0.2) is 4.98 Å². The number of oxazole rings is 1. The number of nitrogens with zero attached hydrogens (tertiary/aromatic N) is 1. The molecule has 0 radical (unpaired) electrons. The van der Waals surface area contributed by atoms with Crippen LogP contribution in [0.1, 0.15) is 25.5 Å². The number of hydrogen-bond donors (Lipinski definition) is 1. The highest BCUT2D eigenvalue weighted by atomic mass is 32.2. The zero-order chi connectivity index (χ0) is 12.8. The molecule has 0 saturated heterocycles. The third-order valence-electron chi connectivity index (χ3n) is 2.75. The third-order valence-corrected chi connectivity index (χ3v) is 3.80. The first-order valence-electron chi connectivity index (χ1n) is 6.15. The highest BCUT2D eigenvalue weighted by molar-refractivity contribution is 7.99. The molecule has 1 heterocycles. The summed E-state index contributed by atoms with van der Waals surface area (Å²) in [6.07, 6.45) is 3.29. The Morgan fingerprint density at radius 1 is 1.33 bits per heavy atom. The van der Waals surface area contributed by atoms with Crippen molar-refractivity contribution in [3.8, 4) is 0 Å². The van der Waals surface area contributed by atoms with Crippen molar-refractivity contribution in [1.29, 1.82) is 0 Å². The minimum Gasteiger partial charge on any atom is -0.440 e. The smallest absolute Gasteiger partial charge is 0.255 e. The van der Waals surface area contributed by atoms with Crippen LogP contribution in [-0.4, -0.2) is 16.8 Å². The van der Waals surface area contributed by atoms with E-state index in [1.54, 1.807) is 24.2 Å². The Hall–Kier alpha value is -1.26. The summed E-state index contributed by atoms with van der Waals surface area (Å²) in [7, 11) is 0. The summed E-state index contributed by atoms with van der Waals surface area (Å²) < 4.78 is 5.29. The summed E-state index contributed by atoms with van der Waals surface area (Å²) in [6, 6.07) is 10.8. The topological polar surface area (TPSA) is 38.1 Å². The number of benzene rings is 1. The van der Waals surface area contributed by atoms with Crippen molar-refractivity contribution >= 4 is 11.8 Å². The predicted molar refractivity (Wildman–Crippen MR) is 74.7 cm³/mol. The number of nitrogens with one attached hydrogen (secondary N) is 1. The first-order valence-corrected chi connectivity index (χ1v) is 7.03. The van der Waals surface area contributed by atoms with Gasteiger partial charge in [-0.2, -0.15) is 0 Å². The van der Waals surface area contributed by atoms with Gasteiger partial charge in [-0.1, -0.05) is 55.9 Å². The van der Waals surface area contributed by atoms with Gasteiger partial charge in [-0.15, -0.1) is 0 Å². The molecule has 0 amide bonds. The molecule has 0 aliphatic heterocycles. The molecule has 1 aromatic heterocycles. The van der Waals surface area contributed by atoms with Crippen molar-refractivity contribution in [2.75, 3.05) is 6.54 Å².